The maximum Gasteiger partial charge on any atom is 0.248 e. The van der Waals surface area contributed by atoms with Crippen molar-refractivity contribution < 1.29 is 21.6 Å². The van der Waals surface area contributed by atoms with E-state index in [0.717, 1.165) is 21.1 Å². The van der Waals surface area contributed by atoms with E-state index < -0.39 is 32.0 Å². The van der Waals surface area contributed by atoms with Gasteiger partial charge in [-0.15, -0.1) is 0 Å². The van der Waals surface area contributed by atoms with Crippen molar-refractivity contribution in [3.63, 3.8) is 0 Å². The molecule has 2 rings (SSSR count). The zero-order valence-corrected chi connectivity index (χ0v) is 19.4. The maximum atomic E-state index is 13.0. The molecule has 0 spiro atoms. The van der Waals surface area contributed by atoms with Crippen LogP contribution >= 0.6 is 11.6 Å². The lowest BCUT2D eigenvalue weighted by Crippen LogP contribution is -2.47. The molecule has 1 N–H and O–H groups in total. The number of benzene rings is 2. The minimum Gasteiger partial charge on any atom is -0.324 e. The molecule has 2 aromatic carbocycles. The second kappa shape index (κ2) is 9.23. The first kappa shape index (κ1) is 24.0. The van der Waals surface area contributed by atoms with Gasteiger partial charge >= 0.3 is 0 Å². The van der Waals surface area contributed by atoms with Crippen LogP contribution in [0.4, 0.5) is 17.1 Å². The summed E-state index contributed by atoms with van der Waals surface area (Å²) in [6.07, 6.45) is 2.31. The Labute approximate surface area is 182 Å². The van der Waals surface area contributed by atoms with Crippen LogP contribution < -0.4 is 13.9 Å². The molecule has 1 atom stereocenters. The van der Waals surface area contributed by atoms with Crippen molar-refractivity contribution >= 4 is 54.6 Å². The number of nitrogens with one attached hydrogen (secondary N) is 1. The number of amides is 1. The van der Waals surface area contributed by atoms with E-state index in [4.69, 9.17) is 11.6 Å². The van der Waals surface area contributed by atoms with Crippen molar-refractivity contribution in [1.29, 1.82) is 0 Å². The number of carbonyl (C=O) groups is 1. The van der Waals surface area contributed by atoms with Gasteiger partial charge in [0.15, 0.2) is 0 Å². The average Bonchev–Trinajstić information content (AvgIpc) is 2.64. The molecule has 0 radical (unpaired) electrons. The van der Waals surface area contributed by atoms with Gasteiger partial charge in [0.25, 0.3) is 0 Å². The Morgan fingerprint density at radius 3 is 2.10 bits per heavy atom. The Bertz CT molecular complexity index is 1120. The Kier molecular flexibility index (Phi) is 7.38. The average molecular weight is 474 g/mol. The number of hydrogen-bond donors (Lipinski definition) is 1. The third-order valence-electron chi connectivity index (χ3n) is 4.39. The Morgan fingerprint density at radius 2 is 1.60 bits per heavy atom. The van der Waals surface area contributed by atoms with Crippen LogP contribution in [-0.4, -0.2) is 48.3 Å². The van der Waals surface area contributed by atoms with E-state index in [-0.39, 0.29) is 6.42 Å². The highest BCUT2D eigenvalue weighted by Gasteiger charge is 2.31. The number of carbonyl (C=O) groups excluding carboxylic acids is 1. The lowest BCUT2D eigenvalue weighted by Gasteiger charge is -2.30. The van der Waals surface area contributed by atoms with Crippen molar-refractivity contribution in [2.75, 3.05) is 33.5 Å². The first-order valence-corrected chi connectivity index (χ1v) is 13.0. The zero-order valence-electron chi connectivity index (χ0n) is 17.0. The maximum absolute atomic E-state index is 13.0. The highest BCUT2D eigenvalue weighted by molar-refractivity contribution is 7.92. The second-order valence-electron chi connectivity index (χ2n) is 6.73. The zero-order chi connectivity index (χ0) is 22.7. The number of nitrogens with zero attached hydrogens (tertiary/aromatic N) is 2. The molecular formula is C19H24ClN3O5S2. The molecule has 0 aliphatic carbocycles. The van der Waals surface area contributed by atoms with Crippen LogP contribution in [-0.2, 0) is 24.8 Å². The van der Waals surface area contributed by atoms with Gasteiger partial charge in [0.1, 0.15) is 6.04 Å². The van der Waals surface area contributed by atoms with E-state index in [0.29, 0.717) is 22.1 Å². The smallest absolute Gasteiger partial charge is 0.248 e. The van der Waals surface area contributed by atoms with E-state index in [1.54, 1.807) is 37.3 Å². The molecule has 1 unspecified atom stereocenters. The predicted molar refractivity (Wildman–Crippen MR) is 121 cm³/mol. The van der Waals surface area contributed by atoms with E-state index in [9.17, 15) is 21.6 Å². The van der Waals surface area contributed by atoms with Crippen LogP contribution in [0.2, 0.25) is 5.02 Å². The lowest BCUT2D eigenvalue weighted by atomic mass is 10.1. The first-order valence-electron chi connectivity index (χ1n) is 8.94. The molecule has 8 nitrogen and oxygen atoms in total. The molecule has 1 amide bonds. The summed E-state index contributed by atoms with van der Waals surface area (Å²) in [6.45, 7) is 1.70. The summed E-state index contributed by atoms with van der Waals surface area (Å²) in [4.78, 5) is 13.0. The van der Waals surface area contributed by atoms with E-state index in [1.165, 1.54) is 25.2 Å². The Hall–Kier alpha value is -2.30. The normalized spacial score (nSPS) is 12.8. The van der Waals surface area contributed by atoms with Gasteiger partial charge in [0, 0.05) is 17.8 Å². The summed E-state index contributed by atoms with van der Waals surface area (Å²) in [5.74, 6) is -0.544. The molecule has 0 fully saturated rings. The predicted octanol–water partition coefficient (Wildman–Crippen LogP) is 2.92. The van der Waals surface area contributed by atoms with Crippen LogP contribution in [0.3, 0.4) is 0 Å². The van der Waals surface area contributed by atoms with Crippen LogP contribution in [0.5, 0.6) is 0 Å². The highest BCUT2D eigenvalue weighted by Crippen LogP contribution is 2.26. The number of hydrogen-bond acceptors (Lipinski definition) is 5. The van der Waals surface area contributed by atoms with Crippen LogP contribution in [0.25, 0.3) is 0 Å². The molecule has 0 aliphatic rings. The number of sulfonamides is 2. The summed E-state index contributed by atoms with van der Waals surface area (Å²) >= 11 is 5.89. The summed E-state index contributed by atoms with van der Waals surface area (Å²) in [5, 5.41) is 3.12. The second-order valence-corrected chi connectivity index (χ2v) is 11.0. The van der Waals surface area contributed by atoms with Crippen molar-refractivity contribution in [3.8, 4) is 0 Å². The molecule has 30 heavy (non-hydrogen) atoms. The fourth-order valence-electron chi connectivity index (χ4n) is 2.84. The molecule has 2 aromatic rings. The van der Waals surface area contributed by atoms with E-state index in [1.807, 2.05) is 0 Å². The molecule has 0 bridgehead atoms. The summed E-state index contributed by atoms with van der Waals surface area (Å²) in [6, 6.07) is 11.4. The summed E-state index contributed by atoms with van der Waals surface area (Å²) in [5.41, 5.74) is 1.02. The van der Waals surface area contributed by atoms with Gasteiger partial charge in [0.2, 0.25) is 26.0 Å². The molecule has 11 heteroatoms. The lowest BCUT2D eigenvalue weighted by molar-refractivity contribution is -0.117. The van der Waals surface area contributed by atoms with Gasteiger partial charge in [-0.25, -0.2) is 16.8 Å². The van der Waals surface area contributed by atoms with Gasteiger partial charge in [-0.2, -0.15) is 0 Å². The van der Waals surface area contributed by atoms with Crippen molar-refractivity contribution in [2.24, 2.45) is 0 Å². The van der Waals surface area contributed by atoms with Crippen molar-refractivity contribution in [2.45, 2.75) is 19.4 Å². The first-order chi connectivity index (χ1) is 13.8. The van der Waals surface area contributed by atoms with Crippen LogP contribution in [0.1, 0.15) is 13.3 Å². The summed E-state index contributed by atoms with van der Waals surface area (Å²) < 4.78 is 50.6. The largest absolute Gasteiger partial charge is 0.324 e. The Morgan fingerprint density at radius 1 is 1.00 bits per heavy atom. The van der Waals surface area contributed by atoms with Gasteiger partial charge < -0.3 is 5.32 Å². The van der Waals surface area contributed by atoms with E-state index >= 15 is 0 Å². The molecule has 0 saturated carbocycles. The van der Waals surface area contributed by atoms with Gasteiger partial charge in [-0.3, -0.25) is 13.4 Å². The molecule has 164 valence electrons. The van der Waals surface area contributed by atoms with Gasteiger partial charge in [0.05, 0.1) is 23.9 Å². The minimum absolute atomic E-state index is 0.213. The Balaban J connectivity index is 2.36. The van der Waals surface area contributed by atoms with Crippen molar-refractivity contribution in [3.05, 3.63) is 53.6 Å². The van der Waals surface area contributed by atoms with Crippen molar-refractivity contribution in [1.82, 2.24) is 0 Å². The molecule has 0 saturated heterocycles. The van der Waals surface area contributed by atoms with Crippen LogP contribution in [0, 0.1) is 0 Å². The third-order valence-corrected chi connectivity index (χ3v) is 7.02. The molecule has 0 heterocycles. The van der Waals surface area contributed by atoms with Gasteiger partial charge in [-0.05, 0) is 48.9 Å². The monoisotopic (exact) mass is 473 g/mol. The van der Waals surface area contributed by atoms with Crippen LogP contribution in [0.15, 0.2) is 48.5 Å². The SMILES string of the molecule is CCC(C(=O)Nc1cccc(N(C)S(C)(=O)=O)c1)N(c1ccc(Cl)cc1)S(C)(=O)=O. The topological polar surface area (TPSA) is 104 Å². The number of halogens is 1. The quantitative estimate of drug-likeness (QED) is 0.634. The fraction of sp³-hybridized carbons (Fsp3) is 0.316. The molecule has 0 aliphatic heterocycles. The third kappa shape index (κ3) is 5.87. The standard InChI is InChI=1S/C19H24ClN3O5S2/c1-5-18(23(30(4,27)28)16-11-9-14(20)10-12-16)19(24)21-15-7-6-8-17(13-15)22(2)29(3,25)26/h6-13,18H,5H2,1-4H3,(H,21,24). The molecular weight excluding hydrogens is 450 g/mol. The van der Waals surface area contributed by atoms with Gasteiger partial charge in [-0.1, -0.05) is 24.6 Å². The fourth-order valence-corrected chi connectivity index (χ4v) is 4.68. The molecule has 0 aromatic heterocycles. The number of anilines is 3. The minimum atomic E-state index is -3.78. The van der Waals surface area contributed by atoms with E-state index in [2.05, 4.69) is 5.32 Å². The summed E-state index contributed by atoms with van der Waals surface area (Å²) in [7, 11) is -5.85. The number of rotatable bonds is 8. The highest BCUT2D eigenvalue weighted by atomic mass is 35.5.